The van der Waals surface area contributed by atoms with E-state index in [0.29, 0.717) is 0 Å². The summed E-state index contributed by atoms with van der Waals surface area (Å²) < 4.78 is 5.41. The summed E-state index contributed by atoms with van der Waals surface area (Å²) in [4.78, 5) is 35.8. The standard InChI is InChI=1S/C24H26N2O5/c1-2-3-8-13-25-23(29)21(14-22(27)28)26-24(30)31-15-20-18-11-6-4-9-16(18)17-10-5-7-12-19(17)20/h3-12,20-21H,2,13-15H2,1H3,(H,25,29)(H,26,30)(H,27,28)/b8-3+. The van der Waals surface area contributed by atoms with Crippen LogP contribution in [0.15, 0.2) is 60.7 Å². The van der Waals surface area contributed by atoms with Crippen molar-refractivity contribution < 1.29 is 24.2 Å². The van der Waals surface area contributed by atoms with Gasteiger partial charge in [0.05, 0.1) is 6.42 Å². The average molecular weight is 422 g/mol. The molecule has 2 aromatic rings. The van der Waals surface area contributed by atoms with Gasteiger partial charge in [-0.25, -0.2) is 4.79 Å². The third-order valence-corrected chi connectivity index (χ3v) is 5.13. The van der Waals surface area contributed by atoms with E-state index >= 15 is 0 Å². The van der Waals surface area contributed by atoms with Crippen LogP contribution in [-0.4, -0.2) is 42.3 Å². The van der Waals surface area contributed by atoms with Crippen LogP contribution < -0.4 is 10.6 Å². The van der Waals surface area contributed by atoms with Gasteiger partial charge in [-0.15, -0.1) is 0 Å². The van der Waals surface area contributed by atoms with Gasteiger partial charge >= 0.3 is 12.1 Å². The maximum absolute atomic E-state index is 12.4. The van der Waals surface area contributed by atoms with Crippen molar-refractivity contribution in [2.24, 2.45) is 0 Å². The quantitative estimate of drug-likeness (QED) is 0.537. The highest BCUT2D eigenvalue weighted by molar-refractivity contribution is 5.89. The largest absolute Gasteiger partial charge is 0.481 e. The average Bonchev–Trinajstić information content (AvgIpc) is 3.08. The fraction of sp³-hybridized carbons (Fsp3) is 0.292. The lowest BCUT2D eigenvalue weighted by Gasteiger charge is -2.18. The van der Waals surface area contributed by atoms with Crippen molar-refractivity contribution in [3.05, 3.63) is 71.8 Å². The van der Waals surface area contributed by atoms with E-state index in [1.165, 1.54) is 0 Å². The highest BCUT2D eigenvalue weighted by atomic mass is 16.5. The molecule has 0 bridgehead atoms. The van der Waals surface area contributed by atoms with E-state index in [1.807, 2.05) is 61.5 Å². The van der Waals surface area contributed by atoms with Crippen LogP contribution in [0.25, 0.3) is 11.1 Å². The summed E-state index contributed by atoms with van der Waals surface area (Å²) in [5.74, 6) is -1.89. The summed E-state index contributed by atoms with van der Waals surface area (Å²) in [7, 11) is 0. The van der Waals surface area contributed by atoms with Crippen LogP contribution >= 0.6 is 0 Å². The lowest BCUT2D eigenvalue weighted by atomic mass is 9.98. The number of nitrogens with one attached hydrogen (secondary N) is 2. The molecule has 162 valence electrons. The van der Waals surface area contributed by atoms with E-state index in [9.17, 15) is 14.4 Å². The second-order valence-electron chi connectivity index (χ2n) is 7.25. The monoisotopic (exact) mass is 422 g/mol. The van der Waals surface area contributed by atoms with Crippen molar-refractivity contribution in [3.8, 4) is 11.1 Å². The number of allylic oxidation sites excluding steroid dienone is 1. The number of hydrogen-bond donors (Lipinski definition) is 3. The van der Waals surface area contributed by atoms with E-state index in [0.717, 1.165) is 28.7 Å². The van der Waals surface area contributed by atoms with E-state index in [1.54, 1.807) is 6.08 Å². The normalized spacial score (nSPS) is 13.3. The van der Waals surface area contributed by atoms with Crippen LogP contribution in [-0.2, 0) is 14.3 Å². The molecular weight excluding hydrogens is 396 g/mol. The zero-order valence-electron chi connectivity index (χ0n) is 17.3. The van der Waals surface area contributed by atoms with E-state index < -0.39 is 30.4 Å². The van der Waals surface area contributed by atoms with Crippen molar-refractivity contribution in [1.82, 2.24) is 10.6 Å². The Morgan fingerprint density at radius 2 is 1.65 bits per heavy atom. The molecule has 1 aliphatic carbocycles. The van der Waals surface area contributed by atoms with Crippen LogP contribution in [0, 0.1) is 0 Å². The van der Waals surface area contributed by atoms with Gasteiger partial charge in [-0.3, -0.25) is 9.59 Å². The minimum absolute atomic E-state index is 0.0838. The SMILES string of the molecule is CC/C=C/CNC(=O)C(CC(=O)O)NC(=O)OCC1c2ccccc2-c2ccccc21. The predicted octanol–water partition coefficient (Wildman–Crippen LogP) is 3.45. The number of carbonyl (C=O) groups excluding carboxylic acids is 2. The third-order valence-electron chi connectivity index (χ3n) is 5.13. The Morgan fingerprint density at radius 1 is 1.03 bits per heavy atom. The maximum Gasteiger partial charge on any atom is 0.407 e. The number of fused-ring (bicyclic) bond motifs is 3. The van der Waals surface area contributed by atoms with Crippen molar-refractivity contribution >= 4 is 18.0 Å². The number of carboxylic acids is 1. The van der Waals surface area contributed by atoms with Gasteiger partial charge in [-0.1, -0.05) is 67.6 Å². The molecule has 0 aliphatic heterocycles. The zero-order chi connectivity index (χ0) is 22.2. The molecule has 0 saturated heterocycles. The zero-order valence-corrected chi connectivity index (χ0v) is 17.3. The number of ether oxygens (including phenoxy) is 1. The number of carboxylic acid groups (broad SMARTS) is 1. The number of aliphatic carboxylic acids is 1. The number of hydrogen-bond acceptors (Lipinski definition) is 4. The summed E-state index contributed by atoms with van der Waals surface area (Å²) in [6.07, 6.45) is 3.11. The van der Waals surface area contributed by atoms with Crippen molar-refractivity contribution in [1.29, 1.82) is 0 Å². The van der Waals surface area contributed by atoms with Gasteiger partial charge in [-0.05, 0) is 28.7 Å². The van der Waals surface area contributed by atoms with Crippen molar-refractivity contribution in [3.63, 3.8) is 0 Å². The second kappa shape index (κ2) is 10.4. The Bertz CT molecular complexity index is 940. The Labute approximate surface area is 181 Å². The lowest BCUT2D eigenvalue weighted by molar-refractivity contribution is -0.139. The Balaban J connectivity index is 1.63. The van der Waals surface area contributed by atoms with Crippen LogP contribution in [0.4, 0.5) is 4.79 Å². The summed E-state index contributed by atoms with van der Waals surface area (Å²) in [5.41, 5.74) is 4.35. The molecule has 3 N–H and O–H groups in total. The summed E-state index contributed by atoms with van der Waals surface area (Å²) in [6.45, 7) is 2.31. The van der Waals surface area contributed by atoms with E-state index in [-0.39, 0.29) is 19.1 Å². The first-order chi connectivity index (χ1) is 15.0. The smallest absolute Gasteiger partial charge is 0.407 e. The molecule has 0 spiro atoms. The summed E-state index contributed by atoms with van der Waals surface area (Å²) in [5, 5.41) is 14.1. The molecule has 1 atom stereocenters. The molecule has 3 rings (SSSR count). The number of amides is 2. The van der Waals surface area contributed by atoms with Crippen LogP contribution in [0.2, 0.25) is 0 Å². The molecule has 0 aromatic heterocycles. The lowest BCUT2D eigenvalue weighted by Crippen LogP contribution is -2.48. The van der Waals surface area contributed by atoms with Gasteiger partial charge < -0.3 is 20.5 Å². The van der Waals surface area contributed by atoms with Gasteiger partial charge in [0.25, 0.3) is 0 Å². The first-order valence-corrected chi connectivity index (χ1v) is 10.3. The number of alkyl carbamates (subject to hydrolysis) is 1. The summed E-state index contributed by atoms with van der Waals surface area (Å²) in [6, 6.07) is 14.7. The van der Waals surface area contributed by atoms with E-state index in [2.05, 4.69) is 10.6 Å². The second-order valence-corrected chi connectivity index (χ2v) is 7.25. The Hall–Kier alpha value is -3.61. The van der Waals surface area contributed by atoms with Crippen molar-refractivity contribution in [2.45, 2.75) is 31.7 Å². The van der Waals surface area contributed by atoms with E-state index in [4.69, 9.17) is 9.84 Å². The minimum atomic E-state index is -1.22. The minimum Gasteiger partial charge on any atom is -0.481 e. The molecule has 7 nitrogen and oxygen atoms in total. The molecule has 1 aliphatic rings. The first-order valence-electron chi connectivity index (χ1n) is 10.3. The highest BCUT2D eigenvalue weighted by Gasteiger charge is 2.30. The molecule has 0 radical (unpaired) electrons. The van der Waals surface area contributed by atoms with Gasteiger partial charge in [0.15, 0.2) is 0 Å². The van der Waals surface area contributed by atoms with Crippen LogP contribution in [0.5, 0.6) is 0 Å². The molecule has 2 amide bonds. The van der Waals surface area contributed by atoms with Crippen LogP contribution in [0.1, 0.15) is 36.8 Å². The Kier molecular flexibility index (Phi) is 7.43. The molecular formula is C24H26N2O5. The van der Waals surface area contributed by atoms with Gasteiger partial charge in [0.2, 0.25) is 5.91 Å². The molecule has 31 heavy (non-hydrogen) atoms. The maximum atomic E-state index is 12.4. The summed E-state index contributed by atoms with van der Waals surface area (Å²) >= 11 is 0. The predicted molar refractivity (Wildman–Crippen MR) is 117 cm³/mol. The molecule has 1 unspecified atom stereocenters. The fourth-order valence-electron chi connectivity index (χ4n) is 3.70. The molecule has 7 heteroatoms. The molecule has 2 aromatic carbocycles. The molecule has 0 fully saturated rings. The number of carbonyl (C=O) groups is 3. The number of benzene rings is 2. The molecule has 0 saturated carbocycles. The topological polar surface area (TPSA) is 105 Å². The van der Waals surface area contributed by atoms with Crippen LogP contribution in [0.3, 0.4) is 0 Å². The number of rotatable bonds is 9. The first kappa shape index (κ1) is 22.1. The van der Waals surface area contributed by atoms with Gasteiger partial charge in [0, 0.05) is 12.5 Å². The van der Waals surface area contributed by atoms with Gasteiger partial charge in [0.1, 0.15) is 12.6 Å². The van der Waals surface area contributed by atoms with Crippen molar-refractivity contribution in [2.75, 3.05) is 13.2 Å². The fourth-order valence-corrected chi connectivity index (χ4v) is 3.70. The third kappa shape index (κ3) is 5.51. The van der Waals surface area contributed by atoms with Gasteiger partial charge in [-0.2, -0.15) is 0 Å². The Morgan fingerprint density at radius 3 is 2.23 bits per heavy atom. The molecule has 0 heterocycles. The highest BCUT2D eigenvalue weighted by Crippen LogP contribution is 2.44.